The first-order valence-electron chi connectivity index (χ1n) is 8.60. The fourth-order valence-electron chi connectivity index (χ4n) is 4.93. The van der Waals surface area contributed by atoms with Gasteiger partial charge in [-0.2, -0.15) is 0 Å². The molecule has 2 saturated carbocycles. The van der Waals surface area contributed by atoms with E-state index in [1.165, 1.54) is 70.6 Å². The molecule has 1 saturated heterocycles. The van der Waals surface area contributed by atoms with Gasteiger partial charge in [-0.3, -0.25) is 0 Å². The average molecular weight is 249 g/mol. The Labute approximate surface area is 113 Å². The summed E-state index contributed by atoms with van der Waals surface area (Å²) in [7, 11) is 0. The van der Waals surface area contributed by atoms with Gasteiger partial charge < -0.3 is 5.32 Å². The lowest BCUT2D eigenvalue weighted by Crippen LogP contribution is -2.54. The number of rotatable bonds is 0. The Balaban J connectivity index is 1.74. The molecule has 0 spiro atoms. The predicted octanol–water partition coefficient (Wildman–Crippen LogP) is 4.51. The first-order chi connectivity index (χ1) is 8.84. The third-order valence-electron chi connectivity index (χ3n) is 6.08. The van der Waals surface area contributed by atoms with Gasteiger partial charge in [0.05, 0.1) is 0 Å². The van der Waals surface area contributed by atoms with Crippen LogP contribution in [0.5, 0.6) is 0 Å². The third-order valence-corrected chi connectivity index (χ3v) is 6.08. The predicted molar refractivity (Wildman–Crippen MR) is 77.6 cm³/mol. The van der Waals surface area contributed by atoms with E-state index in [4.69, 9.17) is 0 Å². The van der Waals surface area contributed by atoms with E-state index in [2.05, 4.69) is 12.2 Å². The summed E-state index contributed by atoms with van der Waals surface area (Å²) in [6, 6.07) is 1.71. The highest BCUT2D eigenvalue weighted by Gasteiger charge is 2.39. The van der Waals surface area contributed by atoms with Crippen LogP contribution in [0.3, 0.4) is 0 Å². The Morgan fingerprint density at radius 2 is 1.44 bits per heavy atom. The number of hydrogen-bond donors (Lipinski definition) is 1. The smallest absolute Gasteiger partial charge is 0.0101 e. The van der Waals surface area contributed by atoms with Crippen molar-refractivity contribution in [3.8, 4) is 0 Å². The van der Waals surface area contributed by atoms with Crippen molar-refractivity contribution < 1.29 is 0 Å². The summed E-state index contributed by atoms with van der Waals surface area (Å²) < 4.78 is 0. The summed E-state index contributed by atoms with van der Waals surface area (Å²) in [6.07, 6.45) is 16.4. The molecule has 3 rings (SSSR count). The van der Waals surface area contributed by atoms with Crippen LogP contribution in [0.4, 0.5) is 0 Å². The maximum Gasteiger partial charge on any atom is 0.0101 e. The molecule has 0 radical (unpaired) electrons. The fraction of sp³-hybridized carbons (Fsp3) is 1.00. The molecule has 1 heterocycles. The largest absolute Gasteiger partial charge is 0.311 e. The number of nitrogens with one attached hydrogen (secondary N) is 1. The second-order valence-electron chi connectivity index (χ2n) is 7.29. The van der Waals surface area contributed by atoms with E-state index in [1.54, 1.807) is 0 Å². The maximum absolute atomic E-state index is 4.07. The van der Waals surface area contributed by atoms with E-state index in [1.807, 2.05) is 0 Å². The molecular weight excluding hydrogens is 218 g/mol. The van der Waals surface area contributed by atoms with Gasteiger partial charge in [0.2, 0.25) is 0 Å². The van der Waals surface area contributed by atoms with Crippen molar-refractivity contribution >= 4 is 0 Å². The lowest BCUT2D eigenvalue weighted by molar-refractivity contribution is 0.0815. The second kappa shape index (κ2) is 5.94. The Hall–Kier alpha value is -0.0400. The normalized spacial score (nSPS) is 46.2. The molecule has 5 unspecified atom stereocenters. The number of fused-ring (bicyclic) bond motifs is 4. The lowest BCUT2D eigenvalue weighted by Gasteiger charge is -2.47. The third kappa shape index (κ3) is 2.76. The number of hydrogen-bond acceptors (Lipinski definition) is 1. The van der Waals surface area contributed by atoms with E-state index in [0.29, 0.717) is 0 Å². The lowest BCUT2D eigenvalue weighted by atomic mass is 9.68. The summed E-state index contributed by atoms with van der Waals surface area (Å²) in [4.78, 5) is 0. The van der Waals surface area contributed by atoms with Crippen molar-refractivity contribution in [2.24, 2.45) is 17.8 Å². The average Bonchev–Trinajstić information content (AvgIpc) is 2.33. The molecule has 2 bridgehead atoms. The van der Waals surface area contributed by atoms with Crippen molar-refractivity contribution in [1.29, 1.82) is 0 Å². The molecule has 0 aromatic heterocycles. The van der Waals surface area contributed by atoms with Gasteiger partial charge in [0, 0.05) is 12.1 Å². The molecule has 1 nitrogen and oxygen atoms in total. The molecule has 0 aromatic rings. The first-order valence-corrected chi connectivity index (χ1v) is 8.60. The molecule has 1 heteroatoms. The van der Waals surface area contributed by atoms with Crippen molar-refractivity contribution in [2.45, 2.75) is 89.6 Å². The second-order valence-corrected chi connectivity index (χ2v) is 7.29. The van der Waals surface area contributed by atoms with Crippen LogP contribution in [0, 0.1) is 17.8 Å². The standard InChI is InChI=1S/C17H31N/c1-13-8-6-7-9-14-12-17(13)18-16-11-5-3-2-4-10-15(14)16/h13-18H,2-12H2,1H3. The van der Waals surface area contributed by atoms with Gasteiger partial charge in [-0.15, -0.1) is 0 Å². The van der Waals surface area contributed by atoms with Crippen LogP contribution in [0.1, 0.15) is 77.6 Å². The summed E-state index contributed by atoms with van der Waals surface area (Å²) in [5.41, 5.74) is 0. The Bertz CT molecular complexity index is 258. The Kier molecular flexibility index (Phi) is 4.28. The minimum absolute atomic E-state index is 0.843. The van der Waals surface area contributed by atoms with Crippen LogP contribution in [0.2, 0.25) is 0 Å². The fourth-order valence-corrected chi connectivity index (χ4v) is 4.93. The maximum atomic E-state index is 4.07. The monoisotopic (exact) mass is 249 g/mol. The first kappa shape index (κ1) is 13.0. The van der Waals surface area contributed by atoms with Gasteiger partial charge in [-0.25, -0.2) is 0 Å². The van der Waals surface area contributed by atoms with Crippen molar-refractivity contribution in [3.63, 3.8) is 0 Å². The van der Waals surface area contributed by atoms with Crippen LogP contribution < -0.4 is 5.32 Å². The van der Waals surface area contributed by atoms with E-state index >= 15 is 0 Å². The zero-order chi connectivity index (χ0) is 12.4. The van der Waals surface area contributed by atoms with Gasteiger partial charge >= 0.3 is 0 Å². The summed E-state index contributed by atoms with van der Waals surface area (Å²) in [6.45, 7) is 2.49. The van der Waals surface area contributed by atoms with E-state index < -0.39 is 0 Å². The molecule has 104 valence electrons. The van der Waals surface area contributed by atoms with Crippen LogP contribution in [-0.4, -0.2) is 12.1 Å². The Morgan fingerprint density at radius 1 is 0.722 bits per heavy atom. The minimum atomic E-state index is 0.843. The molecule has 18 heavy (non-hydrogen) atoms. The van der Waals surface area contributed by atoms with Gasteiger partial charge in [-0.05, 0) is 43.4 Å². The Morgan fingerprint density at radius 3 is 2.33 bits per heavy atom. The van der Waals surface area contributed by atoms with Crippen LogP contribution in [0.15, 0.2) is 0 Å². The van der Waals surface area contributed by atoms with Gasteiger partial charge in [0.15, 0.2) is 0 Å². The van der Waals surface area contributed by atoms with Crippen molar-refractivity contribution in [3.05, 3.63) is 0 Å². The highest BCUT2D eigenvalue weighted by Crippen LogP contribution is 2.41. The topological polar surface area (TPSA) is 12.0 Å². The highest BCUT2D eigenvalue weighted by molar-refractivity contribution is 4.95. The SMILES string of the molecule is CC1CCCCC2CC1NC1CCCCCCC21. The summed E-state index contributed by atoms with van der Waals surface area (Å²) in [5.74, 6) is 2.99. The van der Waals surface area contributed by atoms with E-state index in [9.17, 15) is 0 Å². The molecule has 1 aliphatic heterocycles. The molecule has 3 aliphatic rings. The quantitative estimate of drug-likeness (QED) is 0.666. The molecule has 3 fully saturated rings. The van der Waals surface area contributed by atoms with Crippen molar-refractivity contribution in [1.82, 2.24) is 5.32 Å². The zero-order valence-corrected chi connectivity index (χ0v) is 12.2. The van der Waals surface area contributed by atoms with E-state index in [-0.39, 0.29) is 0 Å². The molecular formula is C17H31N. The highest BCUT2D eigenvalue weighted by atomic mass is 15.0. The van der Waals surface area contributed by atoms with Gasteiger partial charge in [0.25, 0.3) is 0 Å². The van der Waals surface area contributed by atoms with Crippen molar-refractivity contribution in [2.75, 3.05) is 0 Å². The number of piperidine rings is 1. The minimum Gasteiger partial charge on any atom is -0.311 e. The zero-order valence-electron chi connectivity index (χ0n) is 12.2. The molecule has 1 N–H and O–H groups in total. The van der Waals surface area contributed by atoms with E-state index in [0.717, 1.165) is 29.8 Å². The van der Waals surface area contributed by atoms with Gasteiger partial charge in [-0.1, -0.05) is 51.9 Å². The van der Waals surface area contributed by atoms with Crippen LogP contribution in [-0.2, 0) is 0 Å². The molecule has 0 aromatic carbocycles. The van der Waals surface area contributed by atoms with Crippen LogP contribution >= 0.6 is 0 Å². The molecule has 2 aliphatic carbocycles. The molecule has 5 atom stereocenters. The van der Waals surface area contributed by atoms with Gasteiger partial charge in [0.1, 0.15) is 0 Å². The summed E-state index contributed by atoms with van der Waals surface area (Å²) in [5, 5.41) is 4.07. The summed E-state index contributed by atoms with van der Waals surface area (Å²) >= 11 is 0. The molecule has 0 amide bonds. The van der Waals surface area contributed by atoms with Crippen LogP contribution in [0.25, 0.3) is 0 Å².